The quantitative estimate of drug-likeness (QED) is 0.901. The number of thioether (sulfide) groups is 2. The largest absolute Gasteiger partial charge is 0.339 e. The van der Waals surface area contributed by atoms with Crippen molar-refractivity contribution in [1.82, 2.24) is 15.5 Å². The second-order valence-corrected chi connectivity index (χ2v) is 7.94. The van der Waals surface area contributed by atoms with Gasteiger partial charge < -0.3 is 9.84 Å². The van der Waals surface area contributed by atoms with Crippen LogP contribution in [0.25, 0.3) is 0 Å². The molecule has 2 aliphatic heterocycles. The van der Waals surface area contributed by atoms with Gasteiger partial charge in [-0.25, -0.2) is 0 Å². The van der Waals surface area contributed by atoms with E-state index in [1.807, 2.05) is 23.5 Å². The number of rotatable bonds is 5. The van der Waals surface area contributed by atoms with Gasteiger partial charge in [-0.05, 0) is 31.6 Å². The third kappa shape index (κ3) is 3.34. The standard InChI is InChI=1S/C14H23N3OS2/c1-2-6-15-11-9-19-8-10(11)14-16-13(17-18-14)12-5-3-4-7-20-12/h10-12,15H,2-9H2,1H3. The maximum absolute atomic E-state index is 5.58. The van der Waals surface area contributed by atoms with Crippen LogP contribution in [-0.4, -0.2) is 40.0 Å². The molecule has 3 unspecified atom stereocenters. The van der Waals surface area contributed by atoms with Crippen LogP contribution in [0.15, 0.2) is 4.52 Å². The summed E-state index contributed by atoms with van der Waals surface area (Å²) >= 11 is 3.97. The fourth-order valence-corrected chi connectivity index (χ4v) is 5.40. The lowest BCUT2D eigenvalue weighted by molar-refractivity contribution is 0.335. The summed E-state index contributed by atoms with van der Waals surface area (Å²) in [5, 5.41) is 8.33. The highest BCUT2D eigenvalue weighted by Crippen LogP contribution is 2.38. The second kappa shape index (κ2) is 7.18. The van der Waals surface area contributed by atoms with E-state index in [9.17, 15) is 0 Å². The third-order valence-electron chi connectivity index (χ3n) is 3.98. The molecule has 112 valence electrons. The summed E-state index contributed by atoms with van der Waals surface area (Å²) in [6.07, 6.45) is 4.98. The molecule has 1 N–H and O–H groups in total. The predicted molar refractivity (Wildman–Crippen MR) is 85.5 cm³/mol. The Morgan fingerprint density at radius 3 is 3.10 bits per heavy atom. The summed E-state index contributed by atoms with van der Waals surface area (Å²) in [6, 6.07) is 0.493. The van der Waals surface area contributed by atoms with Crippen LogP contribution in [0.1, 0.15) is 55.5 Å². The number of hydrogen-bond donors (Lipinski definition) is 1. The smallest absolute Gasteiger partial charge is 0.232 e. The molecular formula is C14H23N3OS2. The van der Waals surface area contributed by atoms with E-state index in [1.54, 1.807) is 0 Å². The molecule has 2 fully saturated rings. The van der Waals surface area contributed by atoms with Gasteiger partial charge in [-0.1, -0.05) is 18.5 Å². The molecule has 0 aliphatic carbocycles. The molecule has 0 spiro atoms. The molecule has 4 nitrogen and oxygen atoms in total. The highest BCUT2D eigenvalue weighted by Gasteiger charge is 2.34. The van der Waals surface area contributed by atoms with Gasteiger partial charge in [0, 0.05) is 17.5 Å². The molecule has 0 aromatic carbocycles. The first-order valence-electron chi connectivity index (χ1n) is 7.64. The summed E-state index contributed by atoms with van der Waals surface area (Å²) in [5.41, 5.74) is 0. The lowest BCUT2D eigenvalue weighted by Crippen LogP contribution is -2.34. The van der Waals surface area contributed by atoms with E-state index >= 15 is 0 Å². The van der Waals surface area contributed by atoms with Crippen LogP contribution in [0.5, 0.6) is 0 Å². The zero-order valence-electron chi connectivity index (χ0n) is 12.0. The van der Waals surface area contributed by atoms with Crippen LogP contribution in [0.4, 0.5) is 0 Å². The second-order valence-electron chi connectivity index (χ2n) is 5.55. The molecule has 2 saturated heterocycles. The Hall–Kier alpha value is -0.200. The van der Waals surface area contributed by atoms with Crippen LogP contribution in [0.2, 0.25) is 0 Å². The lowest BCUT2D eigenvalue weighted by atomic mass is 10.0. The van der Waals surface area contributed by atoms with Gasteiger partial charge in [0.25, 0.3) is 0 Å². The normalized spacial score (nSPS) is 30.8. The van der Waals surface area contributed by atoms with Gasteiger partial charge in [0.2, 0.25) is 5.89 Å². The number of hydrogen-bond acceptors (Lipinski definition) is 6. The number of nitrogens with zero attached hydrogens (tertiary/aromatic N) is 2. The van der Waals surface area contributed by atoms with Crippen molar-refractivity contribution in [2.24, 2.45) is 0 Å². The Morgan fingerprint density at radius 2 is 2.30 bits per heavy atom. The van der Waals surface area contributed by atoms with Crippen molar-refractivity contribution in [3.8, 4) is 0 Å². The van der Waals surface area contributed by atoms with Crippen molar-refractivity contribution >= 4 is 23.5 Å². The third-order valence-corrected chi connectivity index (χ3v) is 6.54. The Balaban J connectivity index is 1.65. The van der Waals surface area contributed by atoms with E-state index in [4.69, 9.17) is 9.51 Å². The van der Waals surface area contributed by atoms with Crippen LogP contribution < -0.4 is 5.32 Å². The average Bonchev–Trinajstić information content (AvgIpc) is 3.14. The van der Waals surface area contributed by atoms with Crippen LogP contribution in [-0.2, 0) is 0 Å². The van der Waals surface area contributed by atoms with E-state index in [1.165, 1.54) is 31.4 Å². The molecule has 3 rings (SSSR count). The SMILES string of the molecule is CCCNC1CSCC1c1nc(C2CCCCS2)no1. The molecule has 0 bridgehead atoms. The molecule has 20 heavy (non-hydrogen) atoms. The first-order chi connectivity index (χ1) is 9.88. The first kappa shape index (κ1) is 14.7. The summed E-state index contributed by atoms with van der Waals surface area (Å²) in [5.74, 6) is 5.65. The van der Waals surface area contributed by atoms with Crippen molar-refractivity contribution in [3.05, 3.63) is 11.7 Å². The molecule has 1 aromatic rings. The van der Waals surface area contributed by atoms with Crippen LogP contribution >= 0.6 is 23.5 Å². The molecule has 1 aromatic heterocycles. The molecule has 3 heterocycles. The van der Waals surface area contributed by atoms with Crippen LogP contribution in [0, 0.1) is 0 Å². The minimum Gasteiger partial charge on any atom is -0.339 e. The van der Waals surface area contributed by atoms with Crippen molar-refractivity contribution in [2.45, 2.75) is 49.8 Å². The topological polar surface area (TPSA) is 51.0 Å². The fraction of sp³-hybridized carbons (Fsp3) is 0.857. The average molecular weight is 313 g/mol. The summed E-state index contributed by atoms with van der Waals surface area (Å²) in [6.45, 7) is 3.27. The highest BCUT2D eigenvalue weighted by atomic mass is 32.2. The molecule has 0 radical (unpaired) electrons. The Labute approximate surface area is 129 Å². The zero-order valence-corrected chi connectivity index (χ0v) is 13.6. The molecular weight excluding hydrogens is 290 g/mol. The monoisotopic (exact) mass is 313 g/mol. The van der Waals surface area contributed by atoms with E-state index in [0.29, 0.717) is 17.2 Å². The Morgan fingerprint density at radius 1 is 1.35 bits per heavy atom. The van der Waals surface area contributed by atoms with E-state index in [2.05, 4.69) is 17.4 Å². The fourth-order valence-electron chi connectivity index (χ4n) is 2.80. The van der Waals surface area contributed by atoms with Crippen molar-refractivity contribution in [1.29, 1.82) is 0 Å². The van der Waals surface area contributed by atoms with Gasteiger partial charge in [0.15, 0.2) is 5.82 Å². The first-order valence-corrected chi connectivity index (χ1v) is 9.85. The van der Waals surface area contributed by atoms with E-state index in [-0.39, 0.29) is 0 Å². The summed E-state index contributed by atoms with van der Waals surface area (Å²) in [4.78, 5) is 4.72. The molecule has 2 aliphatic rings. The Kier molecular flexibility index (Phi) is 5.29. The van der Waals surface area contributed by atoms with Gasteiger partial charge in [0.1, 0.15) is 0 Å². The van der Waals surface area contributed by atoms with Crippen LogP contribution in [0.3, 0.4) is 0 Å². The summed E-state index contributed by atoms with van der Waals surface area (Å²) < 4.78 is 5.58. The van der Waals surface area contributed by atoms with Gasteiger partial charge in [-0.2, -0.15) is 28.5 Å². The van der Waals surface area contributed by atoms with Gasteiger partial charge in [0.05, 0.1) is 11.2 Å². The minimum absolute atomic E-state index is 0.390. The summed E-state index contributed by atoms with van der Waals surface area (Å²) in [7, 11) is 0. The molecule has 6 heteroatoms. The lowest BCUT2D eigenvalue weighted by Gasteiger charge is -2.18. The van der Waals surface area contributed by atoms with E-state index in [0.717, 1.165) is 29.8 Å². The van der Waals surface area contributed by atoms with Crippen molar-refractivity contribution in [3.63, 3.8) is 0 Å². The predicted octanol–water partition coefficient (Wildman–Crippen LogP) is 3.23. The van der Waals surface area contributed by atoms with Crippen molar-refractivity contribution in [2.75, 3.05) is 23.8 Å². The number of aromatic nitrogens is 2. The van der Waals surface area contributed by atoms with E-state index < -0.39 is 0 Å². The molecule has 0 amide bonds. The van der Waals surface area contributed by atoms with Gasteiger partial charge in [-0.3, -0.25) is 0 Å². The highest BCUT2D eigenvalue weighted by molar-refractivity contribution is 7.99. The maximum atomic E-state index is 5.58. The van der Waals surface area contributed by atoms with Gasteiger partial charge >= 0.3 is 0 Å². The van der Waals surface area contributed by atoms with Gasteiger partial charge in [-0.15, -0.1) is 0 Å². The maximum Gasteiger partial charge on any atom is 0.232 e. The minimum atomic E-state index is 0.390. The number of nitrogens with one attached hydrogen (secondary N) is 1. The Bertz CT molecular complexity index is 420. The molecule has 0 saturated carbocycles. The molecule has 3 atom stereocenters. The van der Waals surface area contributed by atoms with Crippen molar-refractivity contribution < 1.29 is 4.52 Å². The zero-order chi connectivity index (χ0) is 13.8.